The Bertz CT molecular complexity index is 739. The molecule has 1 amide bonds. The van der Waals surface area contributed by atoms with Crippen molar-refractivity contribution in [3.63, 3.8) is 0 Å². The molecule has 0 atom stereocenters. The number of thioether (sulfide) groups is 1. The lowest BCUT2D eigenvalue weighted by Gasteiger charge is -2.17. The number of carbonyl (C=O) groups excluding carboxylic acids is 1. The highest BCUT2D eigenvalue weighted by Crippen LogP contribution is 2.34. The smallest absolute Gasteiger partial charge is 0.233 e. The van der Waals surface area contributed by atoms with E-state index in [1.165, 1.54) is 0 Å². The third kappa shape index (κ3) is 3.70. The monoisotopic (exact) mass is 411 g/mol. The van der Waals surface area contributed by atoms with Crippen molar-refractivity contribution in [2.75, 3.05) is 10.7 Å². The Labute approximate surface area is 152 Å². The summed E-state index contributed by atoms with van der Waals surface area (Å²) in [5.74, 6) is 1.59. The molecule has 0 radical (unpaired) electrons. The zero-order valence-electron chi connectivity index (χ0n) is 12.6. The van der Waals surface area contributed by atoms with Crippen LogP contribution < -0.4 is 4.90 Å². The van der Waals surface area contributed by atoms with Crippen molar-refractivity contribution in [2.24, 2.45) is 0 Å². The lowest BCUT2D eigenvalue weighted by Crippen LogP contribution is -2.26. The number of nitrogens with zero attached hydrogens (tertiary/aromatic N) is 3. The molecule has 0 aliphatic carbocycles. The van der Waals surface area contributed by atoms with Crippen LogP contribution in [0.4, 0.5) is 5.82 Å². The summed E-state index contributed by atoms with van der Waals surface area (Å²) in [6, 6.07) is 7.91. The van der Waals surface area contributed by atoms with Gasteiger partial charge in [0.15, 0.2) is 5.16 Å². The number of anilines is 1. The Morgan fingerprint density at radius 3 is 2.74 bits per heavy atom. The van der Waals surface area contributed by atoms with Gasteiger partial charge in [-0.15, -0.1) is 0 Å². The van der Waals surface area contributed by atoms with Crippen LogP contribution >= 0.6 is 39.3 Å². The number of hydrogen-bond acceptors (Lipinski definition) is 4. The summed E-state index contributed by atoms with van der Waals surface area (Å²) in [5.41, 5.74) is 1.78. The van der Waals surface area contributed by atoms with Gasteiger partial charge in [-0.25, -0.2) is 9.97 Å². The van der Waals surface area contributed by atoms with Gasteiger partial charge >= 0.3 is 0 Å². The second-order valence-electron chi connectivity index (χ2n) is 5.23. The van der Waals surface area contributed by atoms with E-state index >= 15 is 0 Å². The molecule has 4 nitrogen and oxygen atoms in total. The molecule has 1 aliphatic heterocycles. The minimum atomic E-state index is 0.0109. The van der Waals surface area contributed by atoms with Crippen molar-refractivity contribution in [1.29, 1.82) is 0 Å². The van der Waals surface area contributed by atoms with Gasteiger partial charge in [0.2, 0.25) is 5.91 Å². The largest absolute Gasteiger partial charge is 0.292 e. The zero-order chi connectivity index (χ0) is 16.4. The van der Waals surface area contributed by atoms with Crippen LogP contribution in [0.25, 0.3) is 0 Å². The van der Waals surface area contributed by atoms with E-state index in [0.29, 0.717) is 22.7 Å². The molecule has 2 aromatic rings. The van der Waals surface area contributed by atoms with Crippen LogP contribution in [-0.4, -0.2) is 21.6 Å². The van der Waals surface area contributed by atoms with E-state index in [-0.39, 0.29) is 12.3 Å². The molecule has 3 rings (SSSR count). The first-order valence-electron chi connectivity index (χ1n) is 7.32. The number of rotatable bonds is 5. The fourth-order valence-electron chi connectivity index (χ4n) is 2.36. The molecule has 0 saturated heterocycles. The summed E-state index contributed by atoms with van der Waals surface area (Å²) >= 11 is 11.2. The van der Waals surface area contributed by atoms with Gasteiger partial charge in [0, 0.05) is 15.8 Å². The standard InChI is InChI=1S/C16H15BrClN3OS/c1-2-7-23-16-19-14(18)12-8-13(22)21(15(12)20-16)9-10-3-5-11(17)6-4-10/h3-6H,2,7-9H2,1H3. The molecular formula is C16H15BrClN3OS. The molecular weight excluding hydrogens is 398 g/mol. The van der Waals surface area contributed by atoms with Crippen LogP contribution in [-0.2, 0) is 17.8 Å². The molecule has 2 heterocycles. The predicted molar refractivity (Wildman–Crippen MR) is 97.1 cm³/mol. The Balaban J connectivity index is 1.90. The molecule has 23 heavy (non-hydrogen) atoms. The number of halogens is 2. The topological polar surface area (TPSA) is 46.1 Å². The first-order valence-corrected chi connectivity index (χ1v) is 9.48. The number of fused-ring (bicyclic) bond motifs is 1. The third-order valence-corrected chi connectivity index (χ3v) is 5.38. The summed E-state index contributed by atoms with van der Waals surface area (Å²) in [6.07, 6.45) is 1.30. The third-order valence-electron chi connectivity index (χ3n) is 3.49. The predicted octanol–water partition coefficient (Wildman–Crippen LogP) is 4.48. The van der Waals surface area contributed by atoms with E-state index in [1.807, 2.05) is 24.3 Å². The number of benzene rings is 1. The van der Waals surface area contributed by atoms with Crippen molar-refractivity contribution >= 4 is 51.0 Å². The fraction of sp³-hybridized carbons (Fsp3) is 0.312. The normalized spacial score (nSPS) is 13.5. The van der Waals surface area contributed by atoms with E-state index < -0.39 is 0 Å². The van der Waals surface area contributed by atoms with Crippen molar-refractivity contribution in [2.45, 2.75) is 31.5 Å². The molecule has 0 bridgehead atoms. The highest BCUT2D eigenvalue weighted by Gasteiger charge is 2.32. The molecule has 0 N–H and O–H groups in total. The maximum Gasteiger partial charge on any atom is 0.233 e. The molecule has 0 fully saturated rings. The van der Waals surface area contributed by atoms with E-state index in [2.05, 4.69) is 32.8 Å². The summed E-state index contributed by atoms with van der Waals surface area (Å²) in [7, 11) is 0. The molecule has 7 heteroatoms. The summed E-state index contributed by atoms with van der Waals surface area (Å²) in [5, 5.41) is 1.02. The van der Waals surface area contributed by atoms with Crippen molar-refractivity contribution in [3.05, 3.63) is 45.0 Å². The molecule has 0 unspecified atom stereocenters. The average Bonchev–Trinajstić information content (AvgIpc) is 2.84. The quantitative estimate of drug-likeness (QED) is 0.412. The highest BCUT2D eigenvalue weighted by molar-refractivity contribution is 9.10. The van der Waals surface area contributed by atoms with Gasteiger partial charge in [-0.05, 0) is 24.1 Å². The maximum atomic E-state index is 12.4. The summed E-state index contributed by atoms with van der Waals surface area (Å²) < 4.78 is 1.01. The van der Waals surface area contributed by atoms with Crippen molar-refractivity contribution < 1.29 is 4.79 Å². The zero-order valence-corrected chi connectivity index (χ0v) is 15.7. The van der Waals surface area contributed by atoms with Crippen LogP contribution in [0.2, 0.25) is 5.15 Å². The van der Waals surface area contributed by atoms with Gasteiger partial charge in [-0.3, -0.25) is 9.69 Å². The van der Waals surface area contributed by atoms with Gasteiger partial charge in [0.05, 0.1) is 13.0 Å². The van der Waals surface area contributed by atoms with Gasteiger partial charge in [-0.1, -0.05) is 58.3 Å². The van der Waals surface area contributed by atoms with Gasteiger partial charge in [0.1, 0.15) is 11.0 Å². The Hall–Kier alpha value is -1.11. The van der Waals surface area contributed by atoms with Gasteiger partial charge in [-0.2, -0.15) is 0 Å². The SMILES string of the molecule is CCCSc1nc(Cl)c2c(n1)N(Cc1ccc(Br)cc1)C(=O)C2. The van der Waals surface area contributed by atoms with Crippen LogP contribution in [0.1, 0.15) is 24.5 Å². The maximum absolute atomic E-state index is 12.4. The lowest BCUT2D eigenvalue weighted by atomic mass is 10.2. The first-order chi connectivity index (χ1) is 11.1. The first kappa shape index (κ1) is 16.7. The van der Waals surface area contributed by atoms with Crippen LogP contribution in [0.5, 0.6) is 0 Å². The molecule has 1 aliphatic rings. The number of amides is 1. The van der Waals surface area contributed by atoms with Crippen molar-refractivity contribution in [3.8, 4) is 0 Å². The highest BCUT2D eigenvalue weighted by atomic mass is 79.9. The number of carbonyl (C=O) groups is 1. The summed E-state index contributed by atoms with van der Waals surface area (Å²) in [4.78, 5) is 22.9. The lowest BCUT2D eigenvalue weighted by molar-refractivity contribution is -0.117. The second-order valence-corrected chi connectivity index (χ2v) is 7.57. The number of hydrogen-bond donors (Lipinski definition) is 0. The van der Waals surface area contributed by atoms with Gasteiger partial charge < -0.3 is 0 Å². The molecule has 0 spiro atoms. The molecule has 0 saturated carbocycles. The minimum absolute atomic E-state index is 0.0109. The van der Waals surface area contributed by atoms with Crippen LogP contribution in [0.3, 0.4) is 0 Å². The van der Waals surface area contributed by atoms with E-state index in [0.717, 1.165) is 27.8 Å². The number of aromatic nitrogens is 2. The summed E-state index contributed by atoms with van der Waals surface area (Å²) in [6.45, 7) is 2.59. The van der Waals surface area contributed by atoms with Crippen LogP contribution in [0.15, 0.2) is 33.9 Å². The average molecular weight is 413 g/mol. The van der Waals surface area contributed by atoms with Gasteiger partial charge in [0.25, 0.3) is 0 Å². The van der Waals surface area contributed by atoms with E-state index in [9.17, 15) is 4.79 Å². The van der Waals surface area contributed by atoms with Crippen molar-refractivity contribution in [1.82, 2.24) is 9.97 Å². The molecule has 120 valence electrons. The van der Waals surface area contributed by atoms with E-state index in [1.54, 1.807) is 16.7 Å². The fourth-order valence-corrected chi connectivity index (χ4v) is 3.60. The molecule has 1 aromatic heterocycles. The molecule has 1 aromatic carbocycles. The Morgan fingerprint density at radius 2 is 2.04 bits per heavy atom. The second kappa shape index (κ2) is 7.20. The minimum Gasteiger partial charge on any atom is -0.292 e. The Kier molecular flexibility index (Phi) is 5.24. The Morgan fingerprint density at radius 1 is 1.30 bits per heavy atom. The van der Waals surface area contributed by atoms with Crippen LogP contribution in [0, 0.1) is 0 Å². The van der Waals surface area contributed by atoms with E-state index in [4.69, 9.17) is 11.6 Å².